The van der Waals surface area contributed by atoms with Crippen LogP contribution in [-0.2, 0) is 6.42 Å². The van der Waals surface area contributed by atoms with Crippen molar-refractivity contribution in [3.8, 4) is 0 Å². The molecule has 0 aliphatic heterocycles. The van der Waals surface area contributed by atoms with Gasteiger partial charge in [0.05, 0.1) is 10.7 Å². The summed E-state index contributed by atoms with van der Waals surface area (Å²) in [5, 5.41) is 5.02. The smallest absolute Gasteiger partial charge is 0.0900 e. The molecule has 2 nitrogen and oxygen atoms in total. The molecule has 0 saturated heterocycles. The highest BCUT2D eigenvalue weighted by atomic mass is 32.1. The highest BCUT2D eigenvalue weighted by Crippen LogP contribution is 2.32. The number of thiazole rings is 1. The molecule has 0 saturated carbocycles. The van der Waals surface area contributed by atoms with Gasteiger partial charge in [0, 0.05) is 17.0 Å². The topological polar surface area (TPSA) is 24.9 Å². The third kappa shape index (κ3) is 3.19. The molecule has 1 aliphatic carbocycles. The summed E-state index contributed by atoms with van der Waals surface area (Å²) in [6.45, 7) is 6.49. The van der Waals surface area contributed by atoms with Crippen LogP contribution in [0.3, 0.4) is 0 Å². The van der Waals surface area contributed by atoms with E-state index in [4.69, 9.17) is 0 Å². The average Bonchev–Trinajstić information content (AvgIpc) is 2.69. The van der Waals surface area contributed by atoms with Gasteiger partial charge in [-0.15, -0.1) is 11.3 Å². The molecule has 1 heterocycles. The summed E-state index contributed by atoms with van der Waals surface area (Å²) in [4.78, 5) is 5.95. The summed E-state index contributed by atoms with van der Waals surface area (Å²) in [6, 6.07) is 9.78. The van der Waals surface area contributed by atoms with E-state index in [9.17, 15) is 0 Å². The van der Waals surface area contributed by atoms with Crippen LogP contribution in [-0.4, -0.2) is 4.98 Å². The van der Waals surface area contributed by atoms with E-state index in [0.717, 1.165) is 5.01 Å². The largest absolute Gasteiger partial charge is 0.303 e. The zero-order chi connectivity index (χ0) is 14.8. The lowest BCUT2D eigenvalue weighted by molar-refractivity contribution is 0.440. The second kappa shape index (κ2) is 6.29. The fraction of sp³-hybridized carbons (Fsp3) is 0.500. The summed E-state index contributed by atoms with van der Waals surface area (Å²) in [7, 11) is 0. The number of fused-ring (bicyclic) bond motifs is 1. The Labute approximate surface area is 131 Å². The van der Waals surface area contributed by atoms with E-state index in [-0.39, 0.29) is 0 Å². The Morgan fingerprint density at radius 1 is 1.24 bits per heavy atom. The van der Waals surface area contributed by atoms with Crippen molar-refractivity contribution in [2.24, 2.45) is 0 Å². The number of aromatic nitrogens is 1. The van der Waals surface area contributed by atoms with Crippen LogP contribution < -0.4 is 5.32 Å². The van der Waals surface area contributed by atoms with Crippen molar-refractivity contribution >= 4 is 11.3 Å². The highest BCUT2D eigenvalue weighted by Gasteiger charge is 2.22. The Morgan fingerprint density at radius 2 is 2.05 bits per heavy atom. The Bertz CT molecular complexity index is 617. The standard InChI is InChI=1S/C18H24N2S/c1-12-18(21-14(3)19-12)13(2)20-17-11-7-5-9-15-8-4-6-10-16(15)17/h4,6,8,10,13,17,20H,5,7,9,11H2,1-3H3. The van der Waals surface area contributed by atoms with Gasteiger partial charge in [-0.05, 0) is 51.2 Å². The Balaban J connectivity index is 1.82. The molecule has 2 unspecified atom stereocenters. The van der Waals surface area contributed by atoms with Gasteiger partial charge in [0.15, 0.2) is 0 Å². The van der Waals surface area contributed by atoms with Crippen LogP contribution >= 0.6 is 11.3 Å². The molecule has 0 spiro atoms. The molecule has 0 fully saturated rings. The van der Waals surface area contributed by atoms with E-state index in [1.165, 1.54) is 47.4 Å². The van der Waals surface area contributed by atoms with Crippen molar-refractivity contribution in [3.63, 3.8) is 0 Å². The van der Waals surface area contributed by atoms with Crippen LogP contribution in [0.4, 0.5) is 0 Å². The van der Waals surface area contributed by atoms with Gasteiger partial charge in [-0.2, -0.15) is 0 Å². The van der Waals surface area contributed by atoms with Gasteiger partial charge in [-0.3, -0.25) is 0 Å². The maximum absolute atomic E-state index is 4.57. The summed E-state index contributed by atoms with van der Waals surface area (Å²) in [5.41, 5.74) is 4.21. The third-order valence-electron chi connectivity index (χ3n) is 4.40. The van der Waals surface area contributed by atoms with Gasteiger partial charge in [-0.1, -0.05) is 30.7 Å². The minimum Gasteiger partial charge on any atom is -0.303 e. The van der Waals surface area contributed by atoms with Crippen LogP contribution in [0.25, 0.3) is 0 Å². The second-order valence-corrected chi connectivity index (χ2v) is 7.30. The van der Waals surface area contributed by atoms with Crippen LogP contribution in [0.2, 0.25) is 0 Å². The van der Waals surface area contributed by atoms with Gasteiger partial charge in [0.1, 0.15) is 0 Å². The Hall–Kier alpha value is -1.19. The monoisotopic (exact) mass is 300 g/mol. The number of hydrogen-bond acceptors (Lipinski definition) is 3. The van der Waals surface area contributed by atoms with Gasteiger partial charge >= 0.3 is 0 Å². The Kier molecular flexibility index (Phi) is 4.41. The molecule has 0 amide bonds. The zero-order valence-electron chi connectivity index (χ0n) is 13.1. The molecular weight excluding hydrogens is 276 g/mol. The normalized spacial score (nSPS) is 19.9. The maximum Gasteiger partial charge on any atom is 0.0900 e. The van der Waals surface area contributed by atoms with Crippen molar-refractivity contribution in [2.45, 2.75) is 58.5 Å². The second-order valence-electron chi connectivity index (χ2n) is 6.07. The lowest BCUT2D eigenvalue weighted by Crippen LogP contribution is -2.24. The fourth-order valence-electron chi connectivity index (χ4n) is 3.42. The molecule has 3 rings (SSSR count). The van der Waals surface area contributed by atoms with Crippen LogP contribution in [0.1, 0.15) is 65.0 Å². The minimum atomic E-state index is 0.368. The zero-order valence-corrected chi connectivity index (χ0v) is 14.0. The molecular formula is C18H24N2S. The van der Waals surface area contributed by atoms with Crippen molar-refractivity contribution in [2.75, 3.05) is 0 Å². The molecule has 1 N–H and O–H groups in total. The number of nitrogens with one attached hydrogen (secondary N) is 1. The number of hydrogen-bond donors (Lipinski definition) is 1. The SMILES string of the molecule is Cc1nc(C)c(C(C)NC2CCCCc3ccccc32)s1. The Morgan fingerprint density at radius 3 is 2.81 bits per heavy atom. The molecule has 0 radical (unpaired) electrons. The minimum absolute atomic E-state index is 0.368. The number of benzene rings is 1. The number of nitrogens with zero attached hydrogens (tertiary/aromatic N) is 1. The van der Waals surface area contributed by atoms with Crippen LogP contribution in [0.5, 0.6) is 0 Å². The maximum atomic E-state index is 4.57. The first-order valence-corrected chi connectivity index (χ1v) is 8.74. The van der Waals surface area contributed by atoms with Gasteiger partial charge < -0.3 is 5.32 Å². The van der Waals surface area contributed by atoms with Crippen molar-refractivity contribution in [1.29, 1.82) is 0 Å². The summed E-state index contributed by atoms with van der Waals surface area (Å²) in [5.74, 6) is 0. The van der Waals surface area contributed by atoms with E-state index < -0.39 is 0 Å². The fourth-order valence-corrected chi connectivity index (χ4v) is 4.36. The molecule has 1 aromatic heterocycles. The van der Waals surface area contributed by atoms with E-state index in [0.29, 0.717) is 12.1 Å². The van der Waals surface area contributed by atoms with Crippen molar-refractivity contribution < 1.29 is 0 Å². The number of aryl methyl sites for hydroxylation is 3. The molecule has 1 aliphatic rings. The van der Waals surface area contributed by atoms with Crippen molar-refractivity contribution in [3.05, 3.63) is 51.0 Å². The molecule has 1 aromatic carbocycles. The average molecular weight is 300 g/mol. The van der Waals surface area contributed by atoms with E-state index in [2.05, 4.69) is 55.3 Å². The van der Waals surface area contributed by atoms with Crippen molar-refractivity contribution in [1.82, 2.24) is 10.3 Å². The first-order chi connectivity index (χ1) is 10.1. The van der Waals surface area contributed by atoms with Gasteiger partial charge in [0.25, 0.3) is 0 Å². The molecule has 2 atom stereocenters. The number of rotatable bonds is 3. The molecule has 3 heteroatoms. The lowest BCUT2D eigenvalue weighted by Gasteiger charge is -2.23. The predicted molar refractivity (Wildman–Crippen MR) is 89.9 cm³/mol. The molecule has 112 valence electrons. The third-order valence-corrected chi connectivity index (χ3v) is 5.66. The molecule has 2 aromatic rings. The van der Waals surface area contributed by atoms with Crippen LogP contribution in [0, 0.1) is 13.8 Å². The van der Waals surface area contributed by atoms with Crippen LogP contribution in [0.15, 0.2) is 24.3 Å². The van der Waals surface area contributed by atoms with E-state index >= 15 is 0 Å². The first-order valence-electron chi connectivity index (χ1n) is 7.93. The highest BCUT2D eigenvalue weighted by molar-refractivity contribution is 7.11. The molecule has 0 bridgehead atoms. The lowest BCUT2D eigenvalue weighted by atomic mass is 9.98. The van der Waals surface area contributed by atoms with Gasteiger partial charge in [-0.25, -0.2) is 4.98 Å². The first kappa shape index (κ1) is 14.7. The predicted octanol–water partition coefficient (Wildman–Crippen LogP) is 4.88. The summed E-state index contributed by atoms with van der Waals surface area (Å²) >= 11 is 1.82. The quantitative estimate of drug-likeness (QED) is 0.817. The van der Waals surface area contributed by atoms with E-state index in [1.807, 2.05) is 11.3 Å². The molecule has 21 heavy (non-hydrogen) atoms. The van der Waals surface area contributed by atoms with Gasteiger partial charge in [0.2, 0.25) is 0 Å². The summed E-state index contributed by atoms with van der Waals surface area (Å²) in [6.07, 6.45) is 5.07. The van der Waals surface area contributed by atoms with E-state index in [1.54, 1.807) is 0 Å². The summed E-state index contributed by atoms with van der Waals surface area (Å²) < 4.78 is 0.